The second-order valence-electron chi connectivity index (χ2n) is 8.98. The van der Waals surface area contributed by atoms with Crippen molar-refractivity contribution in [3.8, 4) is 5.75 Å². The van der Waals surface area contributed by atoms with Crippen molar-refractivity contribution in [1.29, 1.82) is 0 Å². The van der Waals surface area contributed by atoms with Gasteiger partial charge < -0.3 is 25.0 Å². The van der Waals surface area contributed by atoms with Crippen LogP contribution in [0.4, 0.5) is 23.5 Å². The summed E-state index contributed by atoms with van der Waals surface area (Å²) in [4.78, 5) is 29.3. The summed E-state index contributed by atoms with van der Waals surface area (Å²) in [6, 6.07) is 15.7. The molecule has 3 aromatic rings. The molecular weight excluding hydrogens is 468 g/mol. The number of carboxylic acids is 1. The standard InChI is InChI=1S/C28H38N6O3/c1-6-22(25(35)36)19-21-11-15-24(16-12-21)37-18-17-33(5)27-30-26(29-23-13-9-20(4)10-14-23)31-28(32-27)34(7-2)8-3/h9-16,22H,6-8,17-19H2,1-5H3,(H,35,36)(H,29,30,31,32). The van der Waals surface area contributed by atoms with Crippen molar-refractivity contribution in [2.75, 3.05) is 48.4 Å². The summed E-state index contributed by atoms with van der Waals surface area (Å²) in [6.07, 6.45) is 1.12. The molecule has 0 fully saturated rings. The first-order chi connectivity index (χ1) is 17.8. The number of hydrogen-bond acceptors (Lipinski definition) is 8. The molecule has 0 aliphatic carbocycles. The SMILES string of the molecule is CCC(Cc1ccc(OCCN(C)c2nc(Nc3ccc(C)cc3)nc(N(CC)CC)n2)cc1)C(=O)O. The van der Waals surface area contributed by atoms with Gasteiger partial charge in [0, 0.05) is 25.8 Å². The molecule has 2 aromatic carbocycles. The van der Waals surface area contributed by atoms with Gasteiger partial charge in [-0.3, -0.25) is 4.79 Å². The van der Waals surface area contributed by atoms with Crippen LogP contribution in [0.15, 0.2) is 48.5 Å². The van der Waals surface area contributed by atoms with Crippen LogP contribution in [0.5, 0.6) is 5.75 Å². The number of aliphatic carboxylic acids is 1. The number of nitrogens with one attached hydrogen (secondary N) is 1. The molecule has 9 heteroatoms. The molecule has 0 radical (unpaired) electrons. The minimum atomic E-state index is -0.759. The van der Waals surface area contributed by atoms with Gasteiger partial charge >= 0.3 is 5.97 Å². The number of hydrogen-bond donors (Lipinski definition) is 2. The number of nitrogens with zero attached hydrogens (tertiary/aromatic N) is 5. The highest BCUT2D eigenvalue weighted by Crippen LogP contribution is 2.20. The van der Waals surface area contributed by atoms with E-state index in [1.54, 1.807) is 0 Å². The van der Waals surface area contributed by atoms with E-state index in [0.717, 1.165) is 30.1 Å². The molecule has 0 aliphatic rings. The molecule has 2 N–H and O–H groups in total. The lowest BCUT2D eigenvalue weighted by molar-refractivity contribution is -0.141. The molecule has 1 aromatic heterocycles. The van der Waals surface area contributed by atoms with Crippen LogP contribution in [-0.4, -0.2) is 59.3 Å². The zero-order chi connectivity index (χ0) is 26.8. The van der Waals surface area contributed by atoms with E-state index >= 15 is 0 Å². The first kappa shape index (κ1) is 27.7. The van der Waals surface area contributed by atoms with Crippen molar-refractivity contribution >= 4 is 29.5 Å². The van der Waals surface area contributed by atoms with E-state index < -0.39 is 5.97 Å². The fraction of sp³-hybridized carbons (Fsp3) is 0.429. The van der Waals surface area contributed by atoms with Gasteiger partial charge in [-0.2, -0.15) is 15.0 Å². The molecule has 1 unspecified atom stereocenters. The monoisotopic (exact) mass is 506 g/mol. The summed E-state index contributed by atoms with van der Waals surface area (Å²) < 4.78 is 5.93. The molecule has 1 heterocycles. The lowest BCUT2D eigenvalue weighted by Gasteiger charge is -2.23. The van der Waals surface area contributed by atoms with Crippen molar-refractivity contribution < 1.29 is 14.6 Å². The Balaban J connectivity index is 1.65. The van der Waals surface area contributed by atoms with E-state index in [-0.39, 0.29) is 5.92 Å². The van der Waals surface area contributed by atoms with Gasteiger partial charge in [0.25, 0.3) is 0 Å². The number of aryl methyl sites for hydroxylation is 1. The van der Waals surface area contributed by atoms with Gasteiger partial charge in [0.2, 0.25) is 17.8 Å². The Labute approximate surface area is 219 Å². The number of likely N-dealkylation sites (N-methyl/N-ethyl adjacent to an activating group) is 1. The Bertz CT molecular complexity index is 1130. The zero-order valence-electron chi connectivity index (χ0n) is 22.4. The van der Waals surface area contributed by atoms with Crippen LogP contribution in [0, 0.1) is 12.8 Å². The summed E-state index contributed by atoms with van der Waals surface area (Å²) in [5, 5.41) is 12.6. The number of anilines is 4. The minimum absolute atomic E-state index is 0.368. The smallest absolute Gasteiger partial charge is 0.306 e. The molecule has 198 valence electrons. The average molecular weight is 507 g/mol. The van der Waals surface area contributed by atoms with Gasteiger partial charge in [-0.25, -0.2) is 0 Å². The van der Waals surface area contributed by atoms with Gasteiger partial charge in [0.1, 0.15) is 12.4 Å². The average Bonchev–Trinajstić information content (AvgIpc) is 2.90. The fourth-order valence-corrected chi connectivity index (χ4v) is 3.81. The molecule has 9 nitrogen and oxygen atoms in total. The number of benzene rings is 2. The Morgan fingerprint density at radius 3 is 2.22 bits per heavy atom. The Morgan fingerprint density at radius 2 is 1.62 bits per heavy atom. The molecular formula is C28H38N6O3. The van der Waals surface area contributed by atoms with E-state index in [2.05, 4.69) is 41.0 Å². The molecule has 37 heavy (non-hydrogen) atoms. The predicted molar refractivity (Wildman–Crippen MR) is 148 cm³/mol. The van der Waals surface area contributed by atoms with E-state index in [4.69, 9.17) is 9.72 Å². The molecule has 0 amide bonds. The third-order valence-corrected chi connectivity index (χ3v) is 6.25. The van der Waals surface area contributed by atoms with Gasteiger partial charge in [-0.15, -0.1) is 0 Å². The van der Waals surface area contributed by atoms with Crippen LogP contribution in [0.1, 0.15) is 38.3 Å². The number of ether oxygens (including phenoxy) is 1. The number of carbonyl (C=O) groups is 1. The van der Waals surface area contributed by atoms with Gasteiger partial charge in [-0.05, 0) is 63.4 Å². The number of carboxylic acid groups (broad SMARTS) is 1. The highest BCUT2D eigenvalue weighted by Gasteiger charge is 2.16. The topological polar surface area (TPSA) is 104 Å². The summed E-state index contributed by atoms with van der Waals surface area (Å²) in [5.74, 6) is 1.29. The molecule has 3 rings (SSSR count). The van der Waals surface area contributed by atoms with Crippen LogP contribution in [-0.2, 0) is 11.2 Å². The first-order valence-electron chi connectivity index (χ1n) is 12.8. The summed E-state index contributed by atoms with van der Waals surface area (Å²) in [6.45, 7) is 10.7. The van der Waals surface area contributed by atoms with E-state index in [1.807, 2.05) is 67.4 Å². The lowest BCUT2D eigenvalue weighted by Crippen LogP contribution is -2.29. The summed E-state index contributed by atoms with van der Waals surface area (Å²) in [5.41, 5.74) is 3.09. The third-order valence-electron chi connectivity index (χ3n) is 6.25. The van der Waals surface area contributed by atoms with Crippen molar-refractivity contribution in [2.45, 2.75) is 40.5 Å². The zero-order valence-corrected chi connectivity index (χ0v) is 22.4. The van der Waals surface area contributed by atoms with Crippen LogP contribution >= 0.6 is 0 Å². The molecule has 0 saturated carbocycles. The largest absolute Gasteiger partial charge is 0.492 e. The maximum Gasteiger partial charge on any atom is 0.306 e. The Morgan fingerprint density at radius 1 is 0.973 bits per heavy atom. The Kier molecular flexibility index (Phi) is 10.1. The molecule has 0 saturated heterocycles. The molecule has 0 spiro atoms. The van der Waals surface area contributed by atoms with Crippen molar-refractivity contribution in [2.24, 2.45) is 5.92 Å². The van der Waals surface area contributed by atoms with Crippen molar-refractivity contribution in [3.05, 3.63) is 59.7 Å². The maximum absolute atomic E-state index is 11.3. The van der Waals surface area contributed by atoms with Gasteiger partial charge in [-0.1, -0.05) is 36.8 Å². The predicted octanol–water partition coefficient (Wildman–Crippen LogP) is 4.94. The second-order valence-corrected chi connectivity index (χ2v) is 8.98. The molecule has 0 bridgehead atoms. The number of rotatable bonds is 14. The number of aromatic nitrogens is 3. The van der Waals surface area contributed by atoms with Crippen molar-refractivity contribution in [3.63, 3.8) is 0 Å². The van der Waals surface area contributed by atoms with Crippen LogP contribution in [0.3, 0.4) is 0 Å². The van der Waals surface area contributed by atoms with Crippen LogP contribution in [0.25, 0.3) is 0 Å². The first-order valence-corrected chi connectivity index (χ1v) is 12.8. The van der Waals surface area contributed by atoms with Gasteiger partial charge in [0.05, 0.1) is 12.5 Å². The van der Waals surface area contributed by atoms with E-state index in [0.29, 0.717) is 43.8 Å². The third kappa shape index (κ3) is 8.06. The normalized spacial score (nSPS) is 11.6. The van der Waals surface area contributed by atoms with E-state index in [1.165, 1.54) is 5.56 Å². The molecule has 0 aliphatic heterocycles. The van der Waals surface area contributed by atoms with E-state index in [9.17, 15) is 9.90 Å². The molecule has 1 atom stereocenters. The summed E-state index contributed by atoms with van der Waals surface area (Å²) in [7, 11) is 1.93. The van der Waals surface area contributed by atoms with Crippen molar-refractivity contribution in [1.82, 2.24) is 15.0 Å². The summed E-state index contributed by atoms with van der Waals surface area (Å²) >= 11 is 0. The van der Waals surface area contributed by atoms with Gasteiger partial charge in [0.15, 0.2) is 0 Å². The highest BCUT2D eigenvalue weighted by atomic mass is 16.5. The second kappa shape index (κ2) is 13.4. The van der Waals surface area contributed by atoms with Crippen LogP contribution in [0.2, 0.25) is 0 Å². The minimum Gasteiger partial charge on any atom is -0.492 e. The lowest BCUT2D eigenvalue weighted by atomic mass is 9.97. The van der Waals surface area contributed by atoms with Crippen LogP contribution < -0.4 is 19.9 Å². The maximum atomic E-state index is 11.3. The Hall–Kier alpha value is -3.88. The quantitative estimate of drug-likeness (QED) is 0.315. The highest BCUT2D eigenvalue weighted by molar-refractivity contribution is 5.70. The fourth-order valence-electron chi connectivity index (χ4n) is 3.81.